The summed E-state index contributed by atoms with van der Waals surface area (Å²) in [7, 11) is 0. The van der Waals surface area contributed by atoms with E-state index in [1.54, 1.807) is 11.0 Å². The fourth-order valence-electron chi connectivity index (χ4n) is 3.06. The van der Waals surface area contributed by atoms with E-state index in [0.29, 0.717) is 18.8 Å². The summed E-state index contributed by atoms with van der Waals surface area (Å²) in [6.07, 6.45) is 0.282. The summed E-state index contributed by atoms with van der Waals surface area (Å²) in [6, 6.07) is 22.6. The van der Waals surface area contributed by atoms with Gasteiger partial charge in [0.1, 0.15) is 5.82 Å². The molecule has 29 heavy (non-hydrogen) atoms. The lowest BCUT2D eigenvalue weighted by Crippen LogP contribution is -2.30. The number of hydrogen-bond donors (Lipinski definition) is 1. The molecule has 0 atom stereocenters. The summed E-state index contributed by atoms with van der Waals surface area (Å²) in [5, 5.41) is 2.77. The van der Waals surface area contributed by atoms with Crippen molar-refractivity contribution in [1.29, 1.82) is 0 Å². The van der Waals surface area contributed by atoms with Crippen LogP contribution in [0.3, 0.4) is 0 Å². The highest BCUT2D eigenvalue weighted by atomic mass is 19.1. The number of nitrogens with one attached hydrogen (secondary N) is 1. The second-order valence-corrected chi connectivity index (χ2v) is 6.68. The number of amides is 2. The zero-order chi connectivity index (χ0) is 20.6. The number of benzene rings is 3. The van der Waals surface area contributed by atoms with E-state index in [2.05, 4.69) is 5.32 Å². The van der Waals surface area contributed by atoms with Crippen molar-refractivity contribution < 1.29 is 14.0 Å². The second kappa shape index (κ2) is 9.64. The van der Waals surface area contributed by atoms with E-state index in [1.165, 1.54) is 18.2 Å². The maximum Gasteiger partial charge on any atom is 0.258 e. The van der Waals surface area contributed by atoms with Crippen LogP contribution in [-0.2, 0) is 17.8 Å². The van der Waals surface area contributed by atoms with E-state index in [0.717, 1.165) is 11.1 Å². The van der Waals surface area contributed by atoms with Crippen molar-refractivity contribution in [1.82, 2.24) is 5.32 Å². The predicted octanol–water partition coefficient (Wildman–Crippen LogP) is 4.35. The van der Waals surface area contributed by atoms with Crippen molar-refractivity contribution in [3.8, 4) is 0 Å². The van der Waals surface area contributed by atoms with E-state index in [9.17, 15) is 14.0 Å². The van der Waals surface area contributed by atoms with Gasteiger partial charge < -0.3 is 10.2 Å². The minimum Gasteiger partial charge on any atom is -0.356 e. The molecule has 0 fully saturated rings. The SMILES string of the molecule is CCNC(=O)Cc1ccc(N(Cc2ccccc2)C(=O)c2cccc(F)c2)cc1. The molecule has 0 bridgehead atoms. The Morgan fingerprint density at radius 3 is 2.28 bits per heavy atom. The largest absolute Gasteiger partial charge is 0.356 e. The Morgan fingerprint density at radius 2 is 1.62 bits per heavy atom. The first-order chi connectivity index (χ1) is 14.1. The Bertz CT molecular complexity index is 972. The van der Waals surface area contributed by atoms with Gasteiger partial charge in [0.25, 0.3) is 5.91 Å². The van der Waals surface area contributed by atoms with Gasteiger partial charge >= 0.3 is 0 Å². The monoisotopic (exact) mass is 390 g/mol. The van der Waals surface area contributed by atoms with Gasteiger partial charge in [-0.3, -0.25) is 9.59 Å². The third-order valence-electron chi connectivity index (χ3n) is 4.49. The molecule has 148 valence electrons. The molecule has 2 amide bonds. The standard InChI is InChI=1S/C24H23FN2O2/c1-2-26-23(28)15-18-11-13-22(14-12-18)27(17-19-7-4-3-5-8-19)24(29)20-9-6-10-21(25)16-20/h3-14,16H,2,15,17H2,1H3,(H,26,28). The average Bonchev–Trinajstić information content (AvgIpc) is 2.73. The smallest absolute Gasteiger partial charge is 0.258 e. The van der Waals surface area contributed by atoms with Crippen molar-refractivity contribution in [3.05, 3.63) is 101 Å². The van der Waals surface area contributed by atoms with Crippen LogP contribution in [0.2, 0.25) is 0 Å². The zero-order valence-electron chi connectivity index (χ0n) is 16.3. The number of hydrogen-bond acceptors (Lipinski definition) is 2. The molecule has 1 N–H and O–H groups in total. The molecule has 5 heteroatoms. The van der Waals surface area contributed by atoms with Gasteiger partial charge in [0.05, 0.1) is 13.0 Å². The highest BCUT2D eigenvalue weighted by Crippen LogP contribution is 2.22. The number of nitrogens with zero attached hydrogens (tertiary/aromatic N) is 1. The third-order valence-corrected chi connectivity index (χ3v) is 4.49. The fraction of sp³-hybridized carbons (Fsp3) is 0.167. The number of carbonyl (C=O) groups excluding carboxylic acids is 2. The number of carbonyl (C=O) groups is 2. The Balaban J connectivity index is 1.88. The lowest BCUT2D eigenvalue weighted by molar-refractivity contribution is -0.120. The molecule has 0 aliphatic carbocycles. The lowest BCUT2D eigenvalue weighted by Gasteiger charge is -2.23. The molecular weight excluding hydrogens is 367 g/mol. The predicted molar refractivity (Wildman–Crippen MR) is 112 cm³/mol. The fourth-order valence-corrected chi connectivity index (χ4v) is 3.06. The summed E-state index contributed by atoms with van der Waals surface area (Å²) < 4.78 is 13.6. The first kappa shape index (κ1) is 20.3. The van der Waals surface area contributed by atoms with Crippen LogP contribution in [0, 0.1) is 5.82 Å². The second-order valence-electron chi connectivity index (χ2n) is 6.68. The highest BCUT2D eigenvalue weighted by Gasteiger charge is 2.19. The van der Waals surface area contributed by atoms with Crippen molar-refractivity contribution in [2.45, 2.75) is 19.9 Å². The van der Waals surface area contributed by atoms with E-state index in [4.69, 9.17) is 0 Å². The van der Waals surface area contributed by atoms with Crippen LogP contribution in [0.1, 0.15) is 28.4 Å². The molecular formula is C24H23FN2O2. The molecule has 0 unspecified atom stereocenters. The Hall–Kier alpha value is -3.47. The summed E-state index contributed by atoms with van der Waals surface area (Å²) in [5.74, 6) is -0.783. The molecule has 4 nitrogen and oxygen atoms in total. The van der Waals surface area contributed by atoms with E-state index >= 15 is 0 Å². The van der Waals surface area contributed by atoms with Gasteiger partial charge in [0.15, 0.2) is 0 Å². The maximum atomic E-state index is 13.6. The minimum absolute atomic E-state index is 0.0442. The molecule has 0 heterocycles. The highest BCUT2D eigenvalue weighted by molar-refractivity contribution is 6.06. The Kier molecular flexibility index (Phi) is 6.74. The average molecular weight is 390 g/mol. The molecule has 3 aromatic rings. The Morgan fingerprint density at radius 1 is 0.897 bits per heavy atom. The van der Waals surface area contributed by atoms with Gasteiger partial charge in [-0.25, -0.2) is 4.39 Å². The van der Waals surface area contributed by atoms with Gasteiger partial charge in [-0.05, 0) is 48.4 Å². The van der Waals surface area contributed by atoms with Crippen LogP contribution in [-0.4, -0.2) is 18.4 Å². The summed E-state index contributed by atoms with van der Waals surface area (Å²) in [5.41, 5.74) is 2.79. The summed E-state index contributed by atoms with van der Waals surface area (Å²) in [4.78, 5) is 26.5. The minimum atomic E-state index is -0.451. The molecule has 3 aromatic carbocycles. The zero-order valence-corrected chi connectivity index (χ0v) is 16.3. The first-order valence-electron chi connectivity index (χ1n) is 9.54. The van der Waals surface area contributed by atoms with E-state index in [-0.39, 0.29) is 23.8 Å². The van der Waals surface area contributed by atoms with Crippen LogP contribution in [0.5, 0.6) is 0 Å². The third kappa shape index (κ3) is 5.51. The molecule has 0 aliphatic rings. The molecule has 0 aromatic heterocycles. The van der Waals surface area contributed by atoms with Gasteiger partial charge in [0.2, 0.25) is 5.91 Å². The van der Waals surface area contributed by atoms with Gasteiger partial charge in [0, 0.05) is 17.8 Å². The van der Waals surface area contributed by atoms with Gasteiger partial charge in [-0.1, -0.05) is 48.5 Å². The van der Waals surface area contributed by atoms with Crippen molar-refractivity contribution in [2.75, 3.05) is 11.4 Å². The van der Waals surface area contributed by atoms with Gasteiger partial charge in [-0.15, -0.1) is 0 Å². The number of likely N-dealkylation sites (N-methyl/N-ethyl adjacent to an activating group) is 1. The van der Waals surface area contributed by atoms with Crippen molar-refractivity contribution in [2.24, 2.45) is 0 Å². The first-order valence-corrected chi connectivity index (χ1v) is 9.54. The van der Waals surface area contributed by atoms with Gasteiger partial charge in [-0.2, -0.15) is 0 Å². The Labute approximate surface area is 170 Å². The molecule has 0 aliphatic heterocycles. The van der Waals surface area contributed by atoms with Crippen LogP contribution < -0.4 is 10.2 Å². The van der Waals surface area contributed by atoms with E-state index < -0.39 is 5.82 Å². The summed E-state index contributed by atoms with van der Waals surface area (Å²) >= 11 is 0. The van der Waals surface area contributed by atoms with E-state index in [1.807, 2.05) is 61.5 Å². The number of rotatable bonds is 7. The molecule has 0 saturated heterocycles. The normalized spacial score (nSPS) is 10.4. The molecule has 0 radical (unpaired) electrons. The van der Waals surface area contributed by atoms with Crippen LogP contribution in [0.25, 0.3) is 0 Å². The van der Waals surface area contributed by atoms with Crippen LogP contribution in [0.4, 0.5) is 10.1 Å². The molecule has 3 rings (SSSR count). The summed E-state index contributed by atoms with van der Waals surface area (Å²) in [6.45, 7) is 2.82. The lowest BCUT2D eigenvalue weighted by atomic mass is 10.1. The quantitative estimate of drug-likeness (QED) is 0.652. The van der Waals surface area contributed by atoms with Crippen molar-refractivity contribution >= 4 is 17.5 Å². The number of halogens is 1. The molecule has 0 spiro atoms. The maximum absolute atomic E-state index is 13.6. The molecule has 0 saturated carbocycles. The van der Waals surface area contributed by atoms with Crippen molar-refractivity contribution in [3.63, 3.8) is 0 Å². The van der Waals surface area contributed by atoms with Crippen LogP contribution >= 0.6 is 0 Å². The topological polar surface area (TPSA) is 49.4 Å². The van der Waals surface area contributed by atoms with Crippen LogP contribution in [0.15, 0.2) is 78.9 Å². The number of anilines is 1.